The summed E-state index contributed by atoms with van der Waals surface area (Å²) in [4.78, 5) is 14.7. The van der Waals surface area contributed by atoms with Gasteiger partial charge in [-0.1, -0.05) is 22.6 Å². The van der Waals surface area contributed by atoms with Crippen molar-refractivity contribution in [1.82, 2.24) is 10.3 Å². The Morgan fingerprint density at radius 1 is 1.46 bits per heavy atom. The summed E-state index contributed by atoms with van der Waals surface area (Å²) in [5.41, 5.74) is 2.73. The molecule has 1 heterocycles. The second-order valence-electron chi connectivity index (χ2n) is 2.95. The first-order chi connectivity index (χ1) is 6.24. The summed E-state index contributed by atoms with van der Waals surface area (Å²) in [5.74, 6) is 5.44. The lowest BCUT2D eigenvalue weighted by Gasteiger charge is -2.30. The number of carbonyl (C=O) groups is 1. The van der Waals surface area contributed by atoms with Crippen molar-refractivity contribution >= 4 is 28.5 Å². The van der Waals surface area contributed by atoms with Crippen LogP contribution in [-0.2, 0) is 4.79 Å². The van der Waals surface area contributed by atoms with Crippen molar-refractivity contribution in [2.45, 2.75) is 25.8 Å². The Bertz CT molecular complexity index is 146. The van der Waals surface area contributed by atoms with E-state index >= 15 is 0 Å². The molecule has 1 amide bonds. The zero-order chi connectivity index (χ0) is 10.3. The number of carbonyl (C=O) groups excluding carboxylic acids is 1. The predicted molar refractivity (Wildman–Crippen MR) is 62.5 cm³/mol. The molecule has 0 spiro atoms. The number of hydrogen-bond donors (Lipinski definition) is 2. The molecule has 0 aliphatic carbocycles. The van der Waals surface area contributed by atoms with Gasteiger partial charge in [0.2, 0.25) is 5.91 Å². The number of hydrazine groups is 1. The molecular formula is C8H18IN3O. The Hall–Kier alpha value is 0.120. The van der Waals surface area contributed by atoms with Gasteiger partial charge < -0.3 is 4.90 Å². The molecule has 0 aromatic carbocycles. The van der Waals surface area contributed by atoms with Gasteiger partial charge in [-0.3, -0.25) is 16.1 Å². The summed E-state index contributed by atoms with van der Waals surface area (Å²) in [6.45, 7) is 3.28. The van der Waals surface area contributed by atoms with Crippen LogP contribution in [-0.4, -0.2) is 34.9 Å². The molecule has 78 valence electrons. The highest BCUT2D eigenvalue weighted by molar-refractivity contribution is 14.1. The van der Waals surface area contributed by atoms with Gasteiger partial charge in [0.15, 0.2) is 0 Å². The van der Waals surface area contributed by atoms with Crippen molar-refractivity contribution in [1.29, 1.82) is 0 Å². The topological polar surface area (TPSA) is 58.4 Å². The highest BCUT2D eigenvalue weighted by atomic mass is 127. The van der Waals surface area contributed by atoms with Crippen LogP contribution in [0, 0.1) is 0 Å². The quantitative estimate of drug-likeness (QED) is 0.321. The number of halogens is 1. The summed E-state index contributed by atoms with van der Waals surface area (Å²) in [7, 11) is 0. The minimum atomic E-state index is 0.167. The first kappa shape index (κ1) is 13.1. The van der Waals surface area contributed by atoms with Crippen molar-refractivity contribution in [2.24, 2.45) is 5.84 Å². The van der Waals surface area contributed by atoms with E-state index in [1.54, 1.807) is 6.92 Å². The Labute approximate surface area is 93.3 Å². The number of nitrogens with one attached hydrogen (secondary N) is 1. The molecule has 0 saturated carbocycles. The summed E-state index contributed by atoms with van der Waals surface area (Å²) in [6.07, 6.45) is 1.94. The molecule has 0 radical (unpaired) electrons. The monoisotopic (exact) mass is 299 g/mol. The Balaban J connectivity index is 0.000000671. The largest absolute Gasteiger partial charge is 0.343 e. The lowest BCUT2D eigenvalue weighted by atomic mass is 10.1. The molecule has 1 aliphatic heterocycles. The number of alkyl halides is 1. The molecule has 4 nitrogen and oxygen atoms in total. The number of amides is 1. The van der Waals surface area contributed by atoms with Crippen molar-refractivity contribution in [2.75, 3.05) is 18.0 Å². The second kappa shape index (κ2) is 7.52. The van der Waals surface area contributed by atoms with Gasteiger partial charge in [0.05, 0.1) is 0 Å². The zero-order valence-electron chi connectivity index (χ0n) is 8.22. The molecule has 0 bridgehead atoms. The number of nitrogens with zero attached hydrogens (tertiary/aromatic N) is 1. The standard InChI is InChI=1S/C7H15N3O.CH3I/c1-6(11)10-4-2-7(9-8)3-5-10;1-2/h7,9H,2-5,8H2,1H3;1H3. The number of likely N-dealkylation sites (tertiary alicyclic amines) is 1. The first-order valence-corrected chi connectivity index (χ1v) is 6.49. The van der Waals surface area contributed by atoms with Crippen LogP contribution in [0.1, 0.15) is 19.8 Å². The number of piperidine rings is 1. The third kappa shape index (κ3) is 4.78. The van der Waals surface area contributed by atoms with Crippen LogP contribution in [0.4, 0.5) is 0 Å². The van der Waals surface area contributed by atoms with Crippen LogP contribution < -0.4 is 11.3 Å². The summed E-state index contributed by atoms with van der Waals surface area (Å²) in [6, 6.07) is 0.394. The van der Waals surface area contributed by atoms with Crippen molar-refractivity contribution in [3.05, 3.63) is 0 Å². The molecule has 1 aliphatic rings. The average Bonchev–Trinajstić information content (AvgIpc) is 2.21. The van der Waals surface area contributed by atoms with Crippen LogP contribution in [0.3, 0.4) is 0 Å². The van der Waals surface area contributed by atoms with E-state index in [1.165, 1.54) is 0 Å². The molecule has 1 rings (SSSR count). The predicted octanol–water partition coefficient (Wildman–Crippen LogP) is 0.512. The fraction of sp³-hybridized carbons (Fsp3) is 0.875. The van der Waals surface area contributed by atoms with Gasteiger partial charge in [0.25, 0.3) is 0 Å². The van der Waals surface area contributed by atoms with E-state index in [1.807, 2.05) is 9.83 Å². The van der Waals surface area contributed by atoms with Gasteiger partial charge >= 0.3 is 0 Å². The Kier molecular flexibility index (Phi) is 7.59. The molecule has 5 heteroatoms. The first-order valence-electron chi connectivity index (χ1n) is 4.33. The van der Waals surface area contributed by atoms with Gasteiger partial charge in [-0.2, -0.15) is 0 Å². The van der Waals surface area contributed by atoms with E-state index in [-0.39, 0.29) is 5.91 Å². The van der Waals surface area contributed by atoms with Crippen molar-refractivity contribution in [3.63, 3.8) is 0 Å². The molecule has 0 aromatic heterocycles. The van der Waals surface area contributed by atoms with Crippen molar-refractivity contribution in [3.8, 4) is 0 Å². The number of rotatable bonds is 1. The second-order valence-corrected chi connectivity index (χ2v) is 2.95. The zero-order valence-corrected chi connectivity index (χ0v) is 10.4. The Morgan fingerprint density at radius 2 is 1.92 bits per heavy atom. The number of nitrogens with two attached hydrogens (primary N) is 1. The van der Waals surface area contributed by atoms with E-state index in [4.69, 9.17) is 5.84 Å². The maximum atomic E-state index is 10.9. The smallest absolute Gasteiger partial charge is 0.219 e. The van der Waals surface area contributed by atoms with Crippen LogP contribution in [0.5, 0.6) is 0 Å². The Morgan fingerprint density at radius 3 is 2.23 bits per heavy atom. The average molecular weight is 299 g/mol. The lowest BCUT2D eigenvalue weighted by Crippen LogP contribution is -2.46. The van der Waals surface area contributed by atoms with E-state index in [0.29, 0.717) is 6.04 Å². The van der Waals surface area contributed by atoms with E-state index in [9.17, 15) is 4.79 Å². The van der Waals surface area contributed by atoms with Gasteiger partial charge in [-0.15, -0.1) is 0 Å². The van der Waals surface area contributed by atoms with E-state index < -0.39 is 0 Å². The van der Waals surface area contributed by atoms with E-state index in [2.05, 4.69) is 28.0 Å². The maximum Gasteiger partial charge on any atom is 0.219 e. The van der Waals surface area contributed by atoms with Crippen LogP contribution >= 0.6 is 22.6 Å². The fourth-order valence-corrected chi connectivity index (χ4v) is 1.36. The molecule has 3 N–H and O–H groups in total. The highest BCUT2D eigenvalue weighted by Gasteiger charge is 2.18. The van der Waals surface area contributed by atoms with Gasteiger partial charge in [0.1, 0.15) is 0 Å². The minimum absolute atomic E-state index is 0.167. The summed E-state index contributed by atoms with van der Waals surface area (Å²) in [5, 5.41) is 0. The normalized spacial score (nSPS) is 17.7. The van der Waals surface area contributed by atoms with Gasteiger partial charge in [-0.25, -0.2) is 0 Å². The van der Waals surface area contributed by atoms with Crippen molar-refractivity contribution < 1.29 is 4.79 Å². The van der Waals surface area contributed by atoms with E-state index in [0.717, 1.165) is 25.9 Å². The van der Waals surface area contributed by atoms with Gasteiger partial charge in [-0.05, 0) is 17.8 Å². The molecule has 0 atom stereocenters. The SMILES string of the molecule is CC(=O)N1CCC(NN)CC1.CI. The number of hydrogen-bond acceptors (Lipinski definition) is 3. The summed E-state index contributed by atoms with van der Waals surface area (Å²) < 4.78 is 0. The minimum Gasteiger partial charge on any atom is -0.343 e. The maximum absolute atomic E-state index is 10.9. The molecule has 0 unspecified atom stereocenters. The lowest BCUT2D eigenvalue weighted by molar-refractivity contribution is -0.129. The third-order valence-electron chi connectivity index (χ3n) is 2.18. The third-order valence-corrected chi connectivity index (χ3v) is 2.18. The molecule has 1 saturated heterocycles. The molecular weight excluding hydrogens is 281 g/mol. The summed E-state index contributed by atoms with van der Waals surface area (Å²) >= 11 is 2.15. The van der Waals surface area contributed by atoms with Gasteiger partial charge in [0, 0.05) is 26.1 Å². The molecule has 13 heavy (non-hydrogen) atoms. The molecule has 1 fully saturated rings. The van der Waals surface area contributed by atoms with Crippen LogP contribution in [0.15, 0.2) is 0 Å². The highest BCUT2D eigenvalue weighted by Crippen LogP contribution is 2.08. The molecule has 0 aromatic rings. The van der Waals surface area contributed by atoms with Crippen LogP contribution in [0.2, 0.25) is 0 Å². The van der Waals surface area contributed by atoms with Crippen LogP contribution in [0.25, 0.3) is 0 Å². The fourth-order valence-electron chi connectivity index (χ4n) is 1.36.